The number of rotatable bonds is 10. The summed E-state index contributed by atoms with van der Waals surface area (Å²) in [5, 5.41) is 3.38. The van der Waals surface area contributed by atoms with Crippen molar-refractivity contribution in [1.29, 1.82) is 0 Å². The molecule has 0 saturated heterocycles. The molecule has 0 spiro atoms. The van der Waals surface area contributed by atoms with Crippen LogP contribution in [0.5, 0.6) is 23.0 Å². The minimum absolute atomic E-state index is 0.529. The first-order valence-corrected chi connectivity index (χ1v) is 7.28. The number of nitrogens with one attached hydrogen (secondary N) is 1. The Balaban J connectivity index is 2.51. The summed E-state index contributed by atoms with van der Waals surface area (Å²) in [5.74, 6) is 2.51. The van der Waals surface area contributed by atoms with Gasteiger partial charge in [-0.2, -0.15) is 0 Å². The van der Waals surface area contributed by atoms with Crippen LogP contribution in [0.1, 0.15) is 26.7 Å². The van der Waals surface area contributed by atoms with Gasteiger partial charge in [0.05, 0.1) is 27.9 Å². The molecule has 0 aliphatic carbocycles. The molecule has 0 aromatic heterocycles. The molecule has 0 heterocycles. The van der Waals surface area contributed by atoms with Crippen LogP contribution >= 0.6 is 0 Å². The summed E-state index contributed by atoms with van der Waals surface area (Å²) in [4.78, 5) is 0. The Hall–Kier alpha value is -1.62. The molecular formula is C16H27NO4. The molecule has 0 atom stereocenters. The summed E-state index contributed by atoms with van der Waals surface area (Å²) < 4.78 is 21.6. The molecule has 0 aliphatic heterocycles. The zero-order chi connectivity index (χ0) is 15.7. The number of hydrogen-bond donors (Lipinski definition) is 1. The van der Waals surface area contributed by atoms with Gasteiger partial charge in [-0.25, -0.2) is 0 Å². The first-order valence-electron chi connectivity index (χ1n) is 7.28. The molecule has 1 aromatic carbocycles. The first kappa shape index (κ1) is 17.4. The van der Waals surface area contributed by atoms with Crippen molar-refractivity contribution in [1.82, 2.24) is 5.32 Å². The molecule has 1 rings (SSSR count). The van der Waals surface area contributed by atoms with E-state index in [4.69, 9.17) is 18.9 Å². The Morgan fingerprint density at radius 3 is 2.05 bits per heavy atom. The van der Waals surface area contributed by atoms with Gasteiger partial charge in [-0.3, -0.25) is 0 Å². The van der Waals surface area contributed by atoms with Gasteiger partial charge >= 0.3 is 0 Å². The maximum atomic E-state index is 5.75. The van der Waals surface area contributed by atoms with Gasteiger partial charge < -0.3 is 24.3 Å². The highest BCUT2D eigenvalue weighted by Crippen LogP contribution is 2.40. The van der Waals surface area contributed by atoms with E-state index < -0.39 is 0 Å². The van der Waals surface area contributed by atoms with Crippen molar-refractivity contribution in [2.45, 2.75) is 32.7 Å². The van der Waals surface area contributed by atoms with Crippen molar-refractivity contribution in [3.8, 4) is 23.0 Å². The molecule has 0 bridgehead atoms. The maximum Gasteiger partial charge on any atom is 0.203 e. The Morgan fingerprint density at radius 2 is 1.57 bits per heavy atom. The summed E-state index contributed by atoms with van der Waals surface area (Å²) in [6.45, 7) is 5.97. The zero-order valence-electron chi connectivity index (χ0n) is 13.7. The van der Waals surface area contributed by atoms with Crippen LogP contribution in [0, 0.1) is 0 Å². The van der Waals surface area contributed by atoms with Crippen LogP contribution in [0.4, 0.5) is 0 Å². The molecular weight excluding hydrogens is 270 g/mol. The van der Waals surface area contributed by atoms with Crippen LogP contribution in [0.3, 0.4) is 0 Å². The molecule has 0 fully saturated rings. The van der Waals surface area contributed by atoms with E-state index in [0.29, 0.717) is 29.9 Å². The van der Waals surface area contributed by atoms with Gasteiger partial charge in [0, 0.05) is 18.2 Å². The Bertz CT molecular complexity index is 396. The summed E-state index contributed by atoms with van der Waals surface area (Å²) in [7, 11) is 4.78. The third kappa shape index (κ3) is 5.71. The summed E-state index contributed by atoms with van der Waals surface area (Å²) in [6.07, 6.45) is 2.08. The molecule has 0 unspecified atom stereocenters. The number of ether oxygens (including phenoxy) is 4. The van der Waals surface area contributed by atoms with Gasteiger partial charge in [0.25, 0.3) is 0 Å². The van der Waals surface area contributed by atoms with Crippen LogP contribution < -0.4 is 24.3 Å². The second-order valence-corrected chi connectivity index (χ2v) is 5.03. The normalized spacial score (nSPS) is 10.6. The monoisotopic (exact) mass is 297 g/mol. The van der Waals surface area contributed by atoms with Crippen molar-refractivity contribution >= 4 is 0 Å². The predicted molar refractivity (Wildman–Crippen MR) is 84.0 cm³/mol. The smallest absolute Gasteiger partial charge is 0.203 e. The predicted octanol–water partition coefficient (Wildman–Crippen LogP) is 2.87. The van der Waals surface area contributed by atoms with Gasteiger partial charge in [-0.1, -0.05) is 13.8 Å². The Kier molecular flexibility index (Phi) is 7.75. The van der Waals surface area contributed by atoms with Crippen LogP contribution in [0.2, 0.25) is 0 Å². The summed E-state index contributed by atoms with van der Waals surface area (Å²) in [6, 6.07) is 4.16. The van der Waals surface area contributed by atoms with Crippen molar-refractivity contribution < 1.29 is 18.9 Å². The first-order chi connectivity index (χ1) is 10.1. The number of unbranched alkanes of at least 4 members (excludes halogenated alkanes) is 1. The quantitative estimate of drug-likeness (QED) is 0.673. The summed E-state index contributed by atoms with van der Waals surface area (Å²) >= 11 is 0. The fraction of sp³-hybridized carbons (Fsp3) is 0.625. The van der Waals surface area contributed by atoms with E-state index in [2.05, 4.69) is 19.2 Å². The molecule has 120 valence electrons. The van der Waals surface area contributed by atoms with E-state index >= 15 is 0 Å². The molecule has 0 radical (unpaired) electrons. The van der Waals surface area contributed by atoms with Gasteiger partial charge in [-0.15, -0.1) is 0 Å². The molecule has 5 nitrogen and oxygen atoms in total. The van der Waals surface area contributed by atoms with E-state index in [-0.39, 0.29) is 0 Å². The van der Waals surface area contributed by atoms with E-state index in [1.165, 1.54) is 0 Å². The lowest BCUT2D eigenvalue weighted by molar-refractivity contribution is 0.291. The highest BCUT2D eigenvalue weighted by molar-refractivity contribution is 5.55. The lowest BCUT2D eigenvalue weighted by Crippen LogP contribution is -2.23. The molecule has 5 heteroatoms. The third-order valence-electron chi connectivity index (χ3n) is 3.03. The van der Waals surface area contributed by atoms with Gasteiger partial charge in [0.1, 0.15) is 5.75 Å². The summed E-state index contributed by atoms with van der Waals surface area (Å²) in [5.41, 5.74) is 0. The third-order valence-corrected chi connectivity index (χ3v) is 3.03. The fourth-order valence-corrected chi connectivity index (χ4v) is 1.95. The zero-order valence-corrected chi connectivity index (χ0v) is 13.7. The lowest BCUT2D eigenvalue weighted by Gasteiger charge is -2.14. The largest absolute Gasteiger partial charge is 0.493 e. The highest BCUT2D eigenvalue weighted by atomic mass is 16.5. The second kappa shape index (κ2) is 9.34. The van der Waals surface area contributed by atoms with Crippen molar-refractivity contribution in [3.63, 3.8) is 0 Å². The van der Waals surface area contributed by atoms with E-state index in [1.807, 2.05) is 12.1 Å². The molecule has 1 N–H and O–H groups in total. The van der Waals surface area contributed by atoms with Gasteiger partial charge in [-0.05, 0) is 19.4 Å². The number of methoxy groups -OCH3 is 3. The molecule has 1 aromatic rings. The van der Waals surface area contributed by atoms with Crippen LogP contribution in [-0.2, 0) is 0 Å². The molecule has 0 saturated carbocycles. The highest BCUT2D eigenvalue weighted by Gasteiger charge is 2.13. The van der Waals surface area contributed by atoms with Crippen LogP contribution in [0.25, 0.3) is 0 Å². The fourth-order valence-electron chi connectivity index (χ4n) is 1.95. The van der Waals surface area contributed by atoms with Gasteiger partial charge in [0.2, 0.25) is 5.75 Å². The maximum absolute atomic E-state index is 5.75. The van der Waals surface area contributed by atoms with E-state index in [0.717, 1.165) is 25.1 Å². The van der Waals surface area contributed by atoms with Crippen molar-refractivity contribution in [2.75, 3.05) is 34.5 Å². The number of hydrogen-bond acceptors (Lipinski definition) is 5. The Labute approximate surface area is 127 Å². The van der Waals surface area contributed by atoms with Crippen LogP contribution in [0.15, 0.2) is 12.1 Å². The molecule has 0 amide bonds. The van der Waals surface area contributed by atoms with E-state index in [9.17, 15) is 0 Å². The minimum Gasteiger partial charge on any atom is -0.493 e. The second-order valence-electron chi connectivity index (χ2n) is 5.03. The molecule has 0 aliphatic rings. The average molecular weight is 297 g/mol. The lowest BCUT2D eigenvalue weighted by atomic mass is 10.2. The number of benzene rings is 1. The molecule has 21 heavy (non-hydrogen) atoms. The topological polar surface area (TPSA) is 49.0 Å². The SMILES string of the molecule is COc1cc(OCCCCNC(C)C)cc(OC)c1OC. The average Bonchev–Trinajstić information content (AvgIpc) is 2.49. The van der Waals surface area contributed by atoms with E-state index in [1.54, 1.807) is 21.3 Å². The standard InChI is InChI=1S/C16H27NO4/c1-12(2)17-8-6-7-9-21-13-10-14(18-3)16(20-5)15(11-13)19-4/h10-12,17H,6-9H2,1-5H3. The minimum atomic E-state index is 0.529. The Morgan fingerprint density at radius 1 is 0.952 bits per heavy atom. The van der Waals surface area contributed by atoms with Crippen LogP contribution in [-0.4, -0.2) is 40.5 Å². The van der Waals surface area contributed by atoms with Crippen molar-refractivity contribution in [2.24, 2.45) is 0 Å². The van der Waals surface area contributed by atoms with Crippen molar-refractivity contribution in [3.05, 3.63) is 12.1 Å². The van der Waals surface area contributed by atoms with Gasteiger partial charge in [0.15, 0.2) is 11.5 Å².